The largest absolute Gasteiger partial charge is 0.481 e. The zero-order valence-electron chi connectivity index (χ0n) is 15.6. The Balaban J connectivity index is 4.94. The second-order valence-corrected chi connectivity index (χ2v) is 6.83. The van der Waals surface area contributed by atoms with Crippen LogP contribution in [0.1, 0.15) is 19.3 Å². The van der Waals surface area contributed by atoms with E-state index in [0.29, 0.717) is 4.48 Å². The van der Waals surface area contributed by atoms with E-state index in [0.717, 1.165) is 0 Å². The Morgan fingerprint density at radius 3 is 1.15 bits per heavy atom. The molecule has 0 fully saturated rings. The zero-order valence-corrected chi connectivity index (χ0v) is 15.6. The third kappa shape index (κ3) is 10.3. The van der Waals surface area contributed by atoms with E-state index >= 15 is 0 Å². The second kappa shape index (κ2) is 11.8. The average Bonchev–Trinajstić information content (AvgIpc) is 2.49. The summed E-state index contributed by atoms with van der Waals surface area (Å²) in [4.78, 5) is 31.9. The van der Waals surface area contributed by atoms with E-state index in [2.05, 4.69) is 0 Å². The number of hydrogen-bond donors (Lipinski definition) is 3. The summed E-state index contributed by atoms with van der Waals surface area (Å²) in [7, 11) is 5.63. The van der Waals surface area contributed by atoms with Crippen LogP contribution in [-0.2, 0) is 28.6 Å². The van der Waals surface area contributed by atoms with Crippen LogP contribution in [-0.4, -0.2) is 104 Å². The van der Waals surface area contributed by atoms with Gasteiger partial charge >= 0.3 is 17.9 Å². The number of carbonyl (C=O) groups is 3. The van der Waals surface area contributed by atoms with Crippen LogP contribution < -0.4 is 0 Å². The third-order valence-electron chi connectivity index (χ3n) is 3.92. The summed E-state index contributed by atoms with van der Waals surface area (Å²) in [5.41, 5.74) is -0.754. The number of nitrogens with zero attached hydrogens (tertiary/aromatic N) is 1. The van der Waals surface area contributed by atoms with Gasteiger partial charge in [-0.25, -0.2) is 0 Å². The minimum absolute atomic E-state index is 0.0152. The fourth-order valence-corrected chi connectivity index (χ4v) is 1.97. The minimum atomic E-state index is -0.976. The number of ether oxygens (including phenoxy) is 3. The number of rotatable bonds is 16. The highest BCUT2D eigenvalue weighted by molar-refractivity contribution is 5.67. The fraction of sp³-hybridized carbons (Fsp3) is 0.812. The van der Waals surface area contributed by atoms with Crippen LogP contribution in [0.2, 0.25) is 0 Å². The molecule has 0 aromatic rings. The Kier molecular flexibility index (Phi) is 11.0. The first-order valence-electron chi connectivity index (χ1n) is 8.20. The van der Waals surface area contributed by atoms with Crippen LogP contribution in [0.15, 0.2) is 0 Å². The molecule has 0 aromatic heterocycles. The maximum absolute atomic E-state index is 10.6. The van der Waals surface area contributed by atoms with E-state index < -0.39 is 23.4 Å². The van der Waals surface area contributed by atoms with Gasteiger partial charge in [0, 0.05) is 0 Å². The van der Waals surface area contributed by atoms with E-state index in [1.807, 2.05) is 21.1 Å². The molecule has 26 heavy (non-hydrogen) atoms. The smallest absolute Gasteiger partial charge is 0.305 e. The Labute approximate surface area is 152 Å². The SMILES string of the molecule is C[N+](C)(C)C(COCCC(=O)O)(COCCC(=O)O)COCCC(=O)O. The molecule has 0 heterocycles. The maximum atomic E-state index is 10.6. The van der Waals surface area contributed by atoms with Gasteiger partial charge in [-0.1, -0.05) is 0 Å². The lowest BCUT2D eigenvalue weighted by Gasteiger charge is -2.45. The molecule has 0 radical (unpaired) electrons. The number of likely N-dealkylation sites (N-methyl/N-ethyl adjacent to an activating group) is 1. The van der Waals surface area contributed by atoms with Gasteiger partial charge in [-0.3, -0.25) is 14.4 Å². The molecule has 0 unspecified atom stereocenters. The van der Waals surface area contributed by atoms with Crippen molar-refractivity contribution in [1.29, 1.82) is 0 Å². The van der Waals surface area contributed by atoms with Crippen molar-refractivity contribution >= 4 is 17.9 Å². The molecule has 3 N–H and O–H groups in total. The van der Waals surface area contributed by atoms with Gasteiger partial charge in [-0.2, -0.15) is 0 Å². The maximum Gasteiger partial charge on any atom is 0.305 e. The van der Waals surface area contributed by atoms with Crippen molar-refractivity contribution in [2.75, 3.05) is 60.8 Å². The number of carboxylic acid groups (broad SMARTS) is 3. The minimum Gasteiger partial charge on any atom is -0.481 e. The van der Waals surface area contributed by atoms with Gasteiger partial charge in [-0.05, 0) is 0 Å². The van der Waals surface area contributed by atoms with E-state index in [1.54, 1.807) is 0 Å². The van der Waals surface area contributed by atoms with Crippen LogP contribution in [0, 0.1) is 0 Å². The third-order valence-corrected chi connectivity index (χ3v) is 3.92. The zero-order chi connectivity index (χ0) is 20.2. The lowest BCUT2D eigenvalue weighted by Crippen LogP contribution is -2.65. The van der Waals surface area contributed by atoms with Crippen LogP contribution >= 0.6 is 0 Å². The van der Waals surface area contributed by atoms with Crippen LogP contribution in [0.4, 0.5) is 0 Å². The first-order valence-corrected chi connectivity index (χ1v) is 8.20. The number of hydrogen-bond acceptors (Lipinski definition) is 6. The quantitative estimate of drug-likeness (QED) is 0.247. The van der Waals surface area contributed by atoms with Gasteiger partial charge < -0.3 is 34.0 Å². The molecule has 10 heteroatoms. The molecular formula is C16H30NO9+. The van der Waals surface area contributed by atoms with Crippen LogP contribution in [0.3, 0.4) is 0 Å². The van der Waals surface area contributed by atoms with E-state index in [4.69, 9.17) is 29.5 Å². The van der Waals surface area contributed by atoms with Gasteiger partial charge in [-0.15, -0.1) is 0 Å². The molecule has 0 saturated carbocycles. The highest BCUT2D eigenvalue weighted by Crippen LogP contribution is 2.22. The van der Waals surface area contributed by atoms with Gasteiger partial charge in [0.25, 0.3) is 0 Å². The van der Waals surface area contributed by atoms with Crippen molar-refractivity contribution in [3.05, 3.63) is 0 Å². The molecule has 0 aliphatic carbocycles. The summed E-state index contributed by atoms with van der Waals surface area (Å²) < 4.78 is 16.8. The normalized spacial score (nSPS) is 12.1. The first kappa shape index (κ1) is 24.2. The first-order chi connectivity index (χ1) is 12.0. The molecule has 0 rings (SSSR count). The highest BCUT2D eigenvalue weighted by atomic mass is 16.5. The van der Waals surface area contributed by atoms with Crippen molar-refractivity contribution in [1.82, 2.24) is 0 Å². The predicted octanol–water partition coefficient (Wildman–Crippen LogP) is -0.0947. The molecule has 10 nitrogen and oxygen atoms in total. The molecule has 0 aromatic carbocycles. The summed E-state index contributed by atoms with van der Waals surface area (Å²) >= 11 is 0. The lowest BCUT2D eigenvalue weighted by atomic mass is 9.99. The van der Waals surface area contributed by atoms with Gasteiger partial charge in [0.15, 0.2) is 5.54 Å². The second-order valence-electron chi connectivity index (χ2n) is 6.83. The average molecular weight is 380 g/mol. The van der Waals surface area contributed by atoms with Gasteiger partial charge in [0.1, 0.15) is 19.8 Å². The summed E-state index contributed by atoms with van der Waals surface area (Å²) in [5, 5.41) is 26.1. The highest BCUT2D eigenvalue weighted by Gasteiger charge is 2.44. The van der Waals surface area contributed by atoms with Crippen LogP contribution in [0.25, 0.3) is 0 Å². The van der Waals surface area contributed by atoms with E-state index in [-0.39, 0.29) is 58.9 Å². The van der Waals surface area contributed by atoms with Crippen molar-refractivity contribution in [3.8, 4) is 0 Å². The Hall–Kier alpha value is -1.75. The van der Waals surface area contributed by atoms with Crippen molar-refractivity contribution < 1.29 is 48.4 Å². The lowest BCUT2D eigenvalue weighted by molar-refractivity contribution is -0.926. The number of quaternary nitrogens is 1. The molecular weight excluding hydrogens is 350 g/mol. The summed E-state index contributed by atoms with van der Waals surface area (Å²) in [6.07, 6.45) is -0.438. The Bertz CT molecular complexity index is 404. The Morgan fingerprint density at radius 1 is 0.692 bits per heavy atom. The van der Waals surface area contributed by atoms with E-state index in [9.17, 15) is 14.4 Å². The Morgan fingerprint density at radius 2 is 0.962 bits per heavy atom. The monoisotopic (exact) mass is 380 g/mol. The molecule has 0 atom stereocenters. The summed E-state index contributed by atoms with van der Waals surface area (Å²) in [6.45, 7) is 0.391. The molecule has 0 amide bonds. The molecule has 0 spiro atoms. The molecule has 0 bridgehead atoms. The van der Waals surface area contributed by atoms with Crippen molar-refractivity contribution in [2.24, 2.45) is 0 Å². The topological polar surface area (TPSA) is 140 Å². The number of aliphatic carboxylic acids is 3. The van der Waals surface area contributed by atoms with Gasteiger partial charge in [0.05, 0.1) is 60.2 Å². The molecule has 0 aliphatic heterocycles. The van der Waals surface area contributed by atoms with Crippen molar-refractivity contribution in [2.45, 2.75) is 24.8 Å². The standard InChI is InChI=1S/C16H29NO9/c1-17(2,3)16(10-24-7-4-13(18)19,11-25-8-5-14(20)21)12-26-9-6-15(22)23/h4-12H2,1-3H3,(H2-,18,19,20,21,22,23)/p+1. The summed E-state index contributed by atoms with van der Waals surface area (Å²) in [6, 6.07) is 0. The van der Waals surface area contributed by atoms with Crippen molar-refractivity contribution in [3.63, 3.8) is 0 Å². The predicted molar refractivity (Wildman–Crippen MR) is 90.0 cm³/mol. The summed E-state index contributed by atoms with van der Waals surface area (Å²) in [5.74, 6) is -2.93. The van der Waals surface area contributed by atoms with Gasteiger partial charge in [0.2, 0.25) is 0 Å². The number of carboxylic acids is 3. The van der Waals surface area contributed by atoms with Crippen LogP contribution in [0.5, 0.6) is 0 Å². The fourth-order valence-electron chi connectivity index (χ4n) is 1.97. The van der Waals surface area contributed by atoms with E-state index in [1.165, 1.54) is 0 Å². The molecule has 0 saturated heterocycles. The molecule has 152 valence electrons. The molecule has 0 aliphatic rings.